The monoisotopic (exact) mass is 371 g/mol. The van der Waals surface area contributed by atoms with Crippen LogP contribution in [0.25, 0.3) is 0 Å². The number of hydrogen-bond acceptors (Lipinski definition) is 3. The number of carbonyl (C=O) groups is 1. The average Bonchev–Trinajstić information content (AvgIpc) is 2.83. The number of rotatable bonds is 9. The molecular formula is C22H33N3O2. The molecule has 5 heteroatoms. The molecule has 0 atom stereocenters. The number of aromatic nitrogens is 2. The Balaban J connectivity index is 1.84. The molecule has 1 aromatic carbocycles. The second-order valence-corrected chi connectivity index (χ2v) is 7.81. The van der Waals surface area contributed by atoms with E-state index < -0.39 is 0 Å². The fourth-order valence-electron chi connectivity index (χ4n) is 3.09. The summed E-state index contributed by atoms with van der Waals surface area (Å²) in [6.07, 6.45) is 1.36. The molecule has 1 aromatic heterocycles. The van der Waals surface area contributed by atoms with Crippen molar-refractivity contribution < 1.29 is 9.53 Å². The van der Waals surface area contributed by atoms with E-state index >= 15 is 0 Å². The molecule has 2 rings (SSSR count). The first kappa shape index (κ1) is 21.0. The van der Waals surface area contributed by atoms with E-state index in [1.807, 2.05) is 56.6 Å². The molecule has 0 spiro atoms. The summed E-state index contributed by atoms with van der Waals surface area (Å²) in [7, 11) is 0. The molecule has 0 radical (unpaired) electrons. The molecule has 0 fully saturated rings. The Labute approximate surface area is 163 Å². The number of nitrogens with zero attached hydrogens (tertiary/aromatic N) is 2. The average molecular weight is 372 g/mol. The van der Waals surface area contributed by atoms with Gasteiger partial charge in [-0.2, -0.15) is 5.10 Å². The van der Waals surface area contributed by atoms with Crippen molar-refractivity contribution in [2.45, 2.75) is 67.0 Å². The SMILES string of the molecule is Cc1nn(CC(C)C)c(C)c1CC(=O)NCCc1ccc(OC(C)C)cc1. The summed E-state index contributed by atoms with van der Waals surface area (Å²) in [5, 5.41) is 7.61. The number of nitrogens with one attached hydrogen (secondary N) is 1. The highest BCUT2D eigenvalue weighted by Gasteiger charge is 2.15. The molecule has 0 saturated carbocycles. The highest BCUT2D eigenvalue weighted by Crippen LogP contribution is 2.16. The number of benzene rings is 1. The minimum atomic E-state index is 0.0464. The quantitative estimate of drug-likeness (QED) is 0.728. The van der Waals surface area contributed by atoms with E-state index in [9.17, 15) is 4.79 Å². The molecule has 1 heterocycles. The fraction of sp³-hybridized carbons (Fsp3) is 0.545. The zero-order valence-corrected chi connectivity index (χ0v) is 17.5. The van der Waals surface area contributed by atoms with Crippen molar-refractivity contribution in [1.29, 1.82) is 0 Å². The highest BCUT2D eigenvalue weighted by molar-refractivity contribution is 5.79. The van der Waals surface area contributed by atoms with Crippen LogP contribution in [-0.4, -0.2) is 28.3 Å². The highest BCUT2D eigenvalue weighted by atomic mass is 16.5. The molecule has 0 aliphatic rings. The normalized spacial score (nSPS) is 11.3. The summed E-state index contributed by atoms with van der Waals surface area (Å²) in [6, 6.07) is 8.06. The number of aryl methyl sites for hydroxylation is 1. The molecular weight excluding hydrogens is 338 g/mol. The topological polar surface area (TPSA) is 56.2 Å². The van der Waals surface area contributed by atoms with Gasteiger partial charge in [-0.15, -0.1) is 0 Å². The predicted octanol–water partition coefficient (Wildman–Crippen LogP) is 3.84. The molecule has 5 nitrogen and oxygen atoms in total. The number of amides is 1. The van der Waals surface area contributed by atoms with Crippen molar-refractivity contribution in [3.05, 3.63) is 46.8 Å². The molecule has 0 saturated heterocycles. The zero-order valence-electron chi connectivity index (χ0n) is 17.5. The first-order valence-electron chi connectivity index (χ1n) is 9.81. The lowest BCUT2D eigenvalue weighted by atomic mass is 10.1. The first-order chi connectivity index (χ1) is 12.8. The summed E-state index contributed by atoms with van der Waals surface area (Å²) in [5.41, 5.74) is 4.27. The van der Waals surface area contributed by atoms with E-state index in [1.54, 1.807) is 0 Å². The van der Waals surface area contributed by atoms with E-state index in [0.29, 0.717) is 18.9 Å². The Morgan fingerprint density at radius 2 is 1.81 bits per heavy atom. The molecule has 0 aliphatic heterocycles. The molecule has 0 bridgehead atoms. The predicted molar refractivity (Wildman–Crippen MR) is 109 cm³/mol. The van der Waals surface area contributed by atoms with Crippen molar-refractivity contribution in [2.75, 3.05) is 6.54 Å². The van der Waals surface area contributed by atoms with Crippen molar-refractivity contribution in [3.63, 3.8) is 0 Å². The van der Waals surface area contributed by atoms with Crippen molar-refractivity contribution in [2.24, 2.45) is 5.92 Å². The number of carbonyl (C=O) groups excluding carboxylic acids is 1. The molecule has 1 N–H and O–H groups in total. The van der Waals surface area contributed by atoms with Crippen LogP contribution in [0, 0.1) is 19.8 Å². The van der Waals surface area contributed by atoms with E-state index in [0.717, 1.165) is 35.7 Å². The third-order valence-corrected chi connectivity index (χ3v) is 4.44. The smallest absolute Gasteiger partial charge is 0.224 e. The van der Waals surface area contributed by atoms with Gasteiger partial charge in [0, 0.05) is 24.3 Å². The van der Waals surface area contributed by atoms with Crippen LogP contribution in [0.5, 0.6) is 5.75 Å². The lowest BCUT2D eigenvalue weighted by molar-refractivity contribution is -0.120. The Morgan fingerprint density at radius 1 is 1.15 bits per heavy atom. The van der Waals surface area contributed by atoms with Gasteiger partial charge in [-0.1, -0.05) is 26.0 Å². The molecule has 2 aromatic rings. The second-order valence-electron chi connectivity index (χ2n) is 7.81. The number of ether oxygens (including phenoxy) is 1. The van der Waals surface area contributed by atoms with Gasteiger partial charge < -0.3 is 10.1 Å². The Kier molecular flexibility index (Phi) is 7.45. The Hall–Kier alpha value is -2.30. The Morgan fingerprint density at radius 3 is 2.41 bits per heavy atom. The third kappa shape index (κ3) is 6.42. The van der Waals surface area contributed by atoms with E-state index in [4.69, 9.17) is 4.74 Å². The molecule has 148 valence electrons. The summed E-state index contributed by atoms with van der Waals surface area (Å²) >= 11 is 0. The summed E-state index contributed by atoms with van der Waals surface area (Å²) in [5.74, 6) is 1.45. The van der Waals surface area contributed by atoms with Crippen LogP contribution < -0.4 is 10.1 Å². The molecule has 1 amide bonds. The summed E-state index contributed by atoms with van der Waals surface area (Å²) < 4.78 is 7.67. The van der Waals surface area contributed by atoms with Gasteiger partial charge in [0.15, 0.2) is 0 Å². The van der Waals surface area contributed by atoms with Crippen molar-refractivity contribution in [3.8, 4) is 5.75 Å². The van der Waals surface area contributed by atoms with Crippen LogP contribution in [0.15, 0.2) is 24.3 Å². The van der Waals surface area contributed by atoms with Gasteiger partial charge in [0.05, 0.1) is 18.2 Å². The Bertz CT molecular complexity index is 746. The van der Waals surface area contributed by atoms with Crippen LogP contribution in [0.1, 0.15) is 50.2 Å². The van der Waals surface area contributed by atoms with E-state index in [1.165, 1.54) is 5.56 Å². The van der Waals surface area contributed by atoms with Crippen LogP contribution in [0.4, 0.5) is 0 Å². The maximum atomic E-state index is 12.3. The van der Waals surface area contributed by atoms with Gasteiger partial charge in [0.25, 0.3) is 0 Å². The molecule has 0 unspecified atom stereocenters. The first-order valence-corrected chi connectivity index (χ1v) is 9.81. The minimum absolute atomic E-state index is 0.0464. The maximum absolute atomic E-state index is 12.3. The van der Waals surface area contributed by atoms with Crippen LogP contribution in [0.3, 0.4) is 0 Å². The van der Waals surface area contributed by atoms with Gasteiger partial charge >= 0.3 is 0 Å². The lowest BCUT2D eigenvalue weighted by Gasteiger charge is -2.10. The third-order valence-electron chi connectivity index (χ3n) is 4.44. The van der Waals surface area contributed by atoms with Gasteiger partial charge in [-0.3, -0.25) is 9.48 Å². The zero-order chi connectivity index (χ0) is 20.0. The summed E-state index contributed by atoms with van der Waals surface area (Å²) in [4.78, 5) is 12.3. The fourth-order valence-corrected chi connectivity index (χ4v) is 3.09. The van der Waals surface area contributed by atoms with Gasteiger partial charge in [-0.05, 0) is 57.7 Å². The van der Waals surface area contributed by atoms with Gasteiger partial charge in [0.2, 0.25) is 5.91 Å². The largest absolute Gasteiger partial charge is 0.491 e. The van der Waals surface area contributed by atoms with E-state index in [2.05, 4.69) is 24.3 Å². The minimum Gasteiger partial charge on any atom is -0.491 e. The number of hydrogen-bond donors (Lipinski definition) is 1. The van der Waals surface area contributed by atoms with Crippen molar-refractivity contribution >= 4 is 5.91 Å². The lowest BCUT2D eigenvalue weighted by Crippen LogP contribution is -2.27. The second kappa shape index (κ2) is 9.58. The van der Waals surface area contributed by atoms with Crippen LogP contribution in [-0.2, 0) is 24.2 Å². The van der Waals surface area contributed by atoms with E-state index in [-0.39, 0.29) is 12.0 Å². The van der Waals surface area contributed by atoms with Crippen LogP contribution >= 0.6 is 0 Å². The maximum Gasteiger partial charge on any atom is 0.224 e. The standard InChI is InChI=1S/C22H33N3O2/c1-15(2)14-25-18(6)21(17(5)24-25)13-22(26)23-12-11-19-7-9-20(10-8-19)27-16(3)4/h7-10,15-16H,11-14H2,1-6H3,(H,23,26). The summed E-state index contributed by atoms with van der Waals surface area (Å²) in [6.45, 7) is 13.9. The van der Waals surface area contributed by atoms with Crippen LogP contribution in [0.2, 0.25) is 0 Å². The van der Waals surface area contributed by atoms with Gasteiger partial charge in [0.1, 0.15) is 5.75 Å². The molecule has 0 aliphatic carbocycles. The molecule has 27 heavy (non-hydrogen) atoms. The van der Waals surface area contributed by atoms with Crippen molar-refractivity contribution in [1.82, 2.24) is 15.1 Å². The van der Waals surface area contributed by atoms with Gasteiger partial charge in [-0.25, -0.2) is 0 Å².